The highest BCUT2D eigenvalue weighted by atomic mass is 16.5. The van der Waals surface area contributed by atoms with Gasteiger partial charge in [0.1, 0.15) is 11.4 Å². The number of methoxy groups -OCH3 is 1. The molecule has 0 fully saturated rings. The zero-order valence-corrected chi connectivity index (χ0v) is 14.4. The lowest BCUT2D eigenvalue weighted by atomic mass is 9.94. The topological polar surface area (TPSA) is 74.2 Å². The van der Waals surface area contributed by atoms with E-state index in [2.05, 4.69) is 10.1 Å². The summed E-state index contributed by atoms with van der Waals surface area (Å²) in [5, 5.41) is 5.26. The molecule has 4 rings (SSSR count). The number of nitrogens with two attached hydrogens (primary N) is 1. The maximum Gasteiger partial charge on any atom is 0.167 e. The van der Waals surface area contributed by atoms with Gasteiger partial charge in [0.25, 0.3) is 0 Å². The molecular weight excluding hydrogens is 326 g/mol. The number of aromatic nitrogens is 2. The second-order valence-corrected chi connectivity index (χ2v) is 6.11. The summed E-state index contributed by atoms with van der Waals surface area (Å²) in [5.41, 5.74) is 11.0. The van der Waals surface area contributed by atoms with Gasteiger partial charge >= 0.3 is 0 Å². The molecule has 0 saturated heterocycles. The molecule has 1 atom stereocenters. The van der Waals surface area contributed by atoms with Gasteiger partial charge < -0.3 is 15.0 Å². The molecule has 0 aliphatic heterocycles. The Morgan fingerprint density at radius 2 is 1.88 bits per heavy atom. The lowest BCUT2D eigenvalue weighted by molar-refractivity contribution is 0.413. The summed E-state index contributed by atoms with van der Waals surface area (Å²) in [6, 6.07) is 19.4. The molecule has 0 amide bonds. The molecule has 4 aromatic rings. The van der Waals surface area contributed by atoms with Gasteiger partial charge in [-0.2, -0.15) is 0 Å². The molecule has 2 aromatic heterocycles. The summed E-state index contributed by atoms with van der Waals surface area (Å²) in [4.78, 5) is 4.40. The van der Waals surface area contributed by atoms with Gasteiger partial charge in [-0.05, 0) is 23.8 Å². The van der Waals surface area contributed by atoms with Crippen LogP contribution in [0, 0.1) is 0 Å². The summed E-state index contributed by atoms with van der Waals surface area (Å²) in [6.45, 7) is 0. The van der Waals surface area contributed by atoms with Gasteiger partial charge in [0.05, 0.1) is 7.11 Å². The minimum absolute atomic E-state index is 0.221. The minimum Gasteiger partial charge on any atom is -0.497 e. The largest absolute Gasteiger partial charge is 0.497 e. The van der Waals surface area contributed by atoms with Gasteiger partial charge in [0.15, 0.2) is 5.58 Å². The zero-order valence-electron chi connectivity index (χ0n) is 14.4. The van der Waals surface area contributed by atoms with Crippen molar-refractivity contribution in [3.05, 3.63) is 78.1 Å². The molecule has 2 heterocycles. The van der Waals surface area contributed by atoms with E-state index in [0.717, 1.165) is 39.2 Å². The Hall–Kier alpha value is -3.18. The number of hydrogen-bond acceptors (Lipinski definition) is 5. The van der Waals surface area contributed by atoms with E-state index in [1.54, 1.807) is 13.3 Å². The smallest absolute Gasteiger partial charge is 0.167 e. The molecule has 0 unspecified atom stereocenters. The molecule has 0 saturated carbocycles. The van der Waals surface area contributed by atoms with Gasteiger partial charge in [-0.1, -0.05) is 41.6 Å². The highest BCUT2D eigenvalue weighted by Crippen LogP contribution is 2.33. The van der Waals surface area contributed by atoms with Crippen molar-refractivity contribution < 1.29 is 9.26 Å². The van der Waals surface area contributed by atoms with Gasteiger partial charge in [-0.3, -0.25) is 4.98 Å². The highest BCUT2D eigenvalue weighted by molar-refractivity contribution is 5.92. The van der Waals surface area contributed by atoms with Gasteiger partial charge in [0.2, 0.25) is 0 Å². The van der Waals surface area contributed by atoms with E-state index in [1.807, 2.05) is 60.7 Å². The molecule has 2 aromatic carbocycles. The Morgan fingerprint density at radius 1 is 1.08 bits per heavy atom. The maximum atomic E-state index is 6.53. The van der Waals surface area contributed by atoms with Crippen molar-refractivity contribution in [1.82, 2.24) is 10.1 Å². The maximum absolute atomic E-state index is 6.53. The van der Waals surface area contributed by atoms with Crippen molar-refractivity contribution in [2.24, 2.45) is 5.73 Å². The van der Waals surface area contributed by atoms with Gasteiger partial charge in [-0.25, -0.2) is 0 Å². The van der Waals surface area contributed by atoms with E-state index < -0.39 is 0 Å². The minimum atomic E-state index is -0.221. The third-order valence-electron chi connectivity index (χ3n) is 4.45. The summed E-state index contributed by atoms with van der Waals surface area (Å²) in [6.07, 6.45) is 2.34. The van der Waals surface area contributed by atoms with E-state index >= 15 is 0 Å². The van der Waals surface area contributed by atoms with E-state index in [4.69, 9.17) is 15.0 Å². The van der Waals surface area contributed by atoms with Crippen LogP contribution in [0.25, 0.3) is 22.2 Å². The van der Waals surface area contributed by atoms with Crippen LogP contribution in [0.4, 0.5) is 0 Å². The number of fused-ring (bicyclic) bond motifs is 1. The van der Waals surface area contributed by atoms with Crippen molar-refractivity contribution >= 4 is 11.0 Å². The Kier molecular flexibility index (Phi) is 4.37. The van der Waals surface area contributed by atoms with Crippen molar-refractivity contribution in [2.45, 2.75) is 12.5 Å². The molecule has 5 nitrogen and oxygen atoms in total. The Morgan fingerprint density at radius 3 is 2.77 bits per heavy atom. The summed E-state index contributed by atoms with van der Waals surface area (Å²) < 4.78 is 10.7. The molecular formula is C21H19N3O2. The van der Waals surface area contributed by atoms with Crippen LogP contribution >= 0.6 is 0 Å². The van der Waals surface area contributed by atoms with Gasteiger partial charge in [0, 0.05) is 41.4 Å². The third kappa shape index (κ3) is 3.05. The SMILES string of the molecule is COc1ccnc(C[C@H](N)c2ccccc2-c2noc3ccccc23)c1. The average molecular weight is 345 g/mol. The van der Waals surface area contributed by atoms with Crippen LogP contribution in [0.5, 0.6) is 5.75 Å². The van der Waals surface area contributed by atoms with Crippen LogP contribution in [0.3, 0.4) is 0 Å². The lowest BCUT2D eigenvalue weighted by Gasteiger charge is -2.15. The molecule has 5 heteroatoms. The number of ether oxygens (including phenoxy) is 1. The number of hydrogen-bond donors (Lipinski definition) is 1. The van der Waals surface area contributed by atoms with E-state index in [1.165, 1.54) is 0 Å². The first-order chi connectivity index (χ1) is 12.8. The Bertz CT molecular complexity index is 1040. The van der Waals surface area contributed by atoms with Crippen LogP contribution in [-0.4, -0.2) is 17.3 Å². The number of nitrogens with zero attached hydrogens (tertiary/aromatic N) is 2. The fraction of sp³-hybridized carbons (Fsp3) is 0.143. The number of benzene rings is 2. The molecule has 0 aliphatic carbocycles. The van der Waals surface area contributed by atoms with Crippen molar-refractivity contribution in [3.63, 3.8) is 0 Å². The summed E-state index contributed by atoms with van der Waals surface area (Å²) in [7, 11) is 1.64. The van der Waals surface area contributed by atoms with Crippen molar-refractivity contribution in [3.8, 4) is 17.0 Å². The van der Waals surface area contributed by atoms with Crippen LogP contribution in [-0.2, 0) is 6.42 Å². The summed E-state index contributed by atoms with van der Waals surface area (Å²) >= 11 is 0. The predicted octanol–water partition coefficient (Wildman–Crippen LogP) is 4.14. The molecule has 130 valence electrons. The number of rotatable bonds is 5. The predicted molar refractivity (Wildman–Crippen MR) is 101 cm³/mol. The molecule has 0 radical (unpaired) electrons. The average Bonchev–Trinajstić information content (AvgIpc) is 3.12. The number of pyridine rings is 1. The third-order valence-corrected chi connectivity index (χ3v) is 4.45. The fourth-order valence-electron chi connectivity index (χ4n) is 3.15. The lowest BCUT2D eigenvalue weighted by Crippen LogP contribution is -2.15. The van der Waals surface area contributed by atoms with Crippen LogP contribution < -0.4 is 10.5 Å². The van der Waals surface area contributed by atoms with Crippen LogP contribution in [0.2, 0.25) is 0 Å². The molecule has 26 heavy (non-hydrogen) atoms. The Balaban J connectivity index is 1.71. The Labute approximate surface area is 151 Å². The van der Waals surface area contributed by atoms with Crippen molar-refractivity contribution in [2.75, 3.05) is 7.11 Å². The van der Waals surface area contributed by atoms with Crippen LogP contribution in [0.15, 0.2) is 71.4 Å². The van der Waals surface area contributed by atoms with Crippen molar-refractivity contribution in [1.29, 1.82) is 0 Å². The van der Waals surface area contributed by atoms with E-state index in [9.17, 15) is 0 Å². The zero-order chi connectivity index (χ0) is 17.9. The monoisotopic (exact) mass is 345 g/mol. The first-order valence-electron chi connectivity index (χ1n) is 8.44. The molecule has 0 spiro atoms. The fourth-order valence-corrected chi connectivity index (χ4v) is 3.15. The number of para-hydroxylation sites is 1. The van der Waals surface area contributed by atoms with E-state index in [-0.39, 0.29) is 6.04 Å². The molecule has 0 bridgehead atoms. The first-order valence-corrected chi connectivity index (χ1v) is 8.44. The second kappa shape index (κ2) is 6.98. The normalized spacial score (nSPS) is 12.2. The van der Waals surface area contributed by atoms with E-state index in [0.29, 0.717) is 6.42 Å². The highest BCUT2D eigenvalue weighted by Gasteiger charge is 2.18. The summed E-state index contributed by atoms with van der Waals surface area (Å²) in [5.74, 6) is 0.776. The molecule has 2 N–H and O–H groups in total. The standard InChI is InChI=1S/C21H19N3O2/c1-25-15-10-11-23-14(12-15)13-19(22)16-6-2-3-7-17(16)21-18-8-4-5-9-20(18)26-24-21/h2-12,19H,13,22H2,1H3/t19-/m0/s1. The first kappa shape index (κ1) is 16.3. The van der Waals surface area contributed by atoms with Crippen LogP contribution in [0.1, 0.15) is 17.3 Å². The molecule has 0 aliphatic rings. The second-order valence-electron chi connectivity index (χ2n) is 6.11. The van der Waals surface area contributed by atoms with Gasteiger partial charge in [-0.15, -0.1) is 0 Å². The quantitative estimate of drug-likeness (QED) is 0.588.